The van der Waals surface area contributed by atoms with Gasteiger partial charge < -0.3 is 19.3 Å². The third kappa shape index (κ3) is 5.85. The first kappa shape index (κ1) is 24.9. The summed E-state index contributed by atoms with van der Waals surface area (Å²) in [4.78, 5) is 30.7. The summed E-state index contributed by atoms with van der Waals surface area (Å²) in [6.45, 7) is 2.72. The topological polar surface area (TPSA) is 59.1 Å². The van der Waals surface area contributed by atoms with Gasteiger partial charge in [0.15, 0.2) is 5.78 Å². The zero-order chi connectivity index (χ0) is 21.7. The summed E-state index contributed by atoms with van der Waals surface area (Å²) in [6.07, 6.45) is 1.66. The lowest BCUT2D eigenvalue weighted by Crippen LogP contribution is -2.23. The summed E-state index contributed by atoms with van der Waals surface area (Å²) in [5, 5.41) is 0. The second kappa shape index (κ2) is 11.3. The van der Waals surface area contributed by atoms with Crippen LogP contribution in [0.15, 0.2) is 36.4 Å². The number of ether oxygens (including phenoxy) is 2. The van der Waals surface area contributed by atoms with Gasteiger partial charge in [-0.05, 0) is 53.2 Å². The van der Waals surface area contributed by atoms with Crippen LogP contribution in [-0.2, 0) is 0 Å². The smallest absolute Gasteiger partial charge is 0.201 e. The number of nitrogens with zero attached hydrogens (tertiary/aromatic N) is 2. The second-order valence-corrected chi connectivity index (χ2v) is 8.03. The van der Waals surface area contributed by atoms with Gasteiger partial charge in [0, 0.05) is 24.2 Å². The highest BCUT2D eigenvalue weighted by molar-refractivity contribution is 6.30. The van der Waals surface area contributed by atoms with Crippen LogP contribution in [0.1, 0.15) is 44.7 Å². The average Bonchev–Trinajstić information content (AvgIpc) is 2.72. The molecule has 0 atom stereocenters. The van der Waals surface area contributed by atoms with Gasteiger partial charge in [0.1, 0.15) is 11.5 Å². The number of benzene rings is 2. The molecule has 1 aliphatic rings. The molecule has 0 radical (unpaired) electrons. The van der Waals surface area contributed by atoms with Crippen molar-refractivity contribution in [1.29, 1.82) is 0 Å². The molecule has 168 valence electrons. The minimum atomic E-state index is -0.217. The van der Waals surface area contributed by atoms with Crippen molar-refractivity contribution in [3.63, 3.8) is 0 Å². The van der Waals surface area contributed by atoms with E-state index in [1.54, 1.807) is 36.4 Å². The van der Waals surface area contributed by atoms with Crippen LogP contribution in [0.2, 0.25) is 0 Å². The normalized spacial score (nSPS) is 12.5. The van der Waals surface area contributed by atoms with Gasteiger partial charge in [-0.15, -0.1) is 12.4 Å². The van der Waals surface area contributed by atoms with E-state index in [1.807, 2.05) is 28.2 Å². The molecule has 0 unspecified atom stereocenters. The largest absolute Gasteiger partial charge is 0.493 e. The molecule has 0 bridgehead atoms. The first-order valence-corrected chi connectivity index (χ1v) is 10.3. The van der Waals surface area contributed by atoms with E-state index in [1.165, 1.54) is 0 Å². The lowest BCUT2D eigenvalue weighted by molar-refractivity contribution is 0.0971. The van der Waals surface area contributed by atoms with Crippen LogP contribution < -0.4 is 9.47 Å². The molecule has 2 aromatic carbocycles. The number of ketones is 2. The summed E-state index contributed by atoms with van der Waals surface area (Å²) in [6, 6.07) is 10.4. The van der Waals surface area contributed by atoms with Crippen molar-refractivity contribution in [2.24, 2.45) is 0 Å². The molecule has 31 heavy (non-hydrogen) atoms. The van der Waals surface area contributed by atoms with E-state index in [0.717, 1.165) is 25.9 Å². The van der Waals surface area contributed by atoms with Crippen molar-refractivity contribution >= 4 is 24.0 Å². The Hall–Kier alpha value is -2.41. The third-order valence-electron chi connectivity index (χ3n) is 5.01. The van der Waals surface area contributed by atoms with E-state index < -0.39 is 0 Å². The quantitative estimate of drug-likeness (QED) is 0.444. The van der Waals surface area contributed by atoms with Crippen LogP contribution in [0.4, 0.5) is 0 Å². The second-order valence-electron chi connectivity index (χ2n) is 8.03. The predicted octanol–water partition coefficient (Wildman–Crippen LogP) is 3.54. The predicted molar refractivity (Wildman–Crippen MR) is 124 cm³/mol. The van der Waals surface area contributed by atoms with Gasteiger partial charge in [0.25, 0.3) is 0 Å². The minimum Gasteiger partial charge on any atom is -0.493 e. The highest BCUT2D eigenvalue weighted by Gasteiger charge is 2.34. The standard InChI is InChI=1S/C24H30N2O4.ClH/c1-25(2)13-7-15-29-19-11-5-9-17-21(19)24(28)22-18(23(17)27)10-6-12-20(22)30-16-8-14-26(3)4;/h5-6,9-12H,7-8,13-16H2,1-4H3;1H. The molecule has 7 heteroatoms. The van der Waals surface area contributed by atoms with Crippen molar-refractivity contribution in [3.05, 3.63) is 58.7 Å². The van der Waals surface area contributed by atoms with Gasteiger partial charge in [-0.2, -0.15) is 0 Å². The molecule has 0 spiro atoms. The number of carbonyl (C=O) groups excluding carboxylic acids is 2. The summed E-state index contributed by atoms with van der Waals surface area (Å²) >= 11 is 0. The molecular formula is C24H31ClN2O4. The van der Waals surface area contributed by atoms with Crippen LogP contribution >= 0.6 is 12.4 Å². The van der Waals surface area contributed by atoms with E-state index in [4.69, 9.17) is 9.47 Å². The van der Waals surface area contributed by atoms with Crippen LogP contribution in [0, 0.1) is 0 Å². The van der Waals surface area contributed by atoms with Gasteiger partial charge >= 0.3 is 0 Å². The Bertz CT molecular complexity index is 856. The maximum atomic E-state index is 13.4. The van der Waals surface area contributed by atoms with Crippen LogP contribution in [0.3, 0.4) is 0 Å². The van der Waals surface area contributed by atoms with Crippen molar-refractivity contribution in [2.75, 3.05) is 54.5 Å². The maximum Gasteiger partial charge on any atom is 0.201 e. The Morgan fingerprint density at radius 3 is 1.48 bits per heavy atom. The van der Waals surface area contributed by atoms with Gasteiger partial charge in [-0.25, -0.2) is 0 Å². The fraction of sp³-hybridized carbons (Fsp3) is 0.417. The lowest BCUT2D eigenvalue weighted by atomic mass is 9.83. The van der Waals surface area contributed by atoms with Crippen LogP contribution in [-0.4, -0.2) is 75.9 Å². The molecule has 3 rings (SSSR count). The Balaban J connectivity index is 0.00000341. The van der Waals surface area contributed by atoms with Gasteiger partial charge in [-0.3, -0.25) is 9.59 Å². The summed E-state index contributed by atoms with van der Waals surface area (Å²) in [7, 11) is 8.01. The van der Waals surface area contributed by atoms with E-state index >= 15 is 0 Å². The lowest BCUT2D eigenvalue weighted by Gasteiger charge is -2.22. The number of carbonyl (C=O) groups is 2. The van der Waals surface area contributed by atoms with Crippen LogP contribution in [0.25, 0.3) is 0 Å². The summed E-state index contributed by atoms with van der Waals surface area (Å²) in [5.41, 5.74) is 1.46. The Labute approximate surface area is 190 Å². The van der Waals surface area contributed by atoms with E-state index in [-0.39, 0.29) is 24.0 Å². The molecule has 0 aromatic heterocycles. The van der Waals surface area contributed by atoms with E-state index in [9.17, 15) is 9.59 Å². The molecule has 0 N–H and O–H groups in total. The summed E-state index contributed by atoms with van der Waals surface area (Å²) < 4.78 is 11.8. The minimum absolute atomic E-state index is 0. The first-order valence-electron chi connectivity index (χ1n) is 10.3. The van der Waals surface area contributed by atoms with Crippen molar-refractivity contribution in [1.82, 2.24) is 9.80 Å². The van der Waals surface area contributed by atoms with Crippen LogP contribution in [0.5, 0.6) is 11.5 Å². The number of fused-ring (bicyclic) bond motifs is 2. The third-order valence-corrected chi connectivity index (χ3v) is 5.01. The van der Waals surface area contributed by atoms with Gasteiger partial charge in [-0.1, -0.05) is 24.3 Å². The summed E-state index contributed by atoms with van der Waals surface area (Å²) in [5.74, 6) is 0.526. The number of rotatable bonds is 10. The first-order chi connectivity index (χ1) is 14.4. The van der Waals surface area contributed by atoms with E-state index in [0.29, 0.717) is 47.0 Å². The zero-order valence-corrected chi connectivity index (χ0v) is 19.5. The molecule has 2 aromatic rings. The Morgan fingerprint density at radius 1 is 0.677 bits per heavy atom. The van der Waals surface area contributed by atoms with Crippen molar-refractivity contribution in [2.45, 2.75) is 12.8 Å². The zero-order valence-electron chi connectivity index (χ0n) is 18.6. The number of halogens is 1. The fourth-order valence-electron chi connectivity index (χ4n) is 3.55. The maximum absolute atomic E-state index is 13.4. The Kier molecular flexibility index (Phi) is 9.04. The molecule has 6 nitrogen and oxygen atoms in total. The van der Waals surface area contributed by atoms with Crippen molar-refractivity contribution < 1.29 is 19.1 Å². The highest BCUT2D eigenvalue weighted by atomic mass is 35.5. The van der Waals surface area contributed by atoms with Crippen molar-refractivity contribution in [3.8, 4) is 11.5 Å². The number of hydrogen-bond acceptors (Lipinski definition) is 6. The molecule has 0 saturated carbocycles. The Morgan fingerprint density at radius 2 is 1.10 bits per heavy atom. The van der Waals surface area contributed by atoms with Gasteiger partial charge in [0.05, 0.1) is 24.3 Å². The monoisotopic (exact) mass is 446 g/mol. The molecule has 0 saturated heterocycles. The molecule has 1 aliphatic carbocycles. The van der Waals surface area contributed by atoms with Gasteiger partial charge in [0.2, 0.25) is 5.78 Å². The number of hydrogen-bond donors (Lipinski definition) is 0. The average molecular weight is 447 g/mol. The molecule has 0 heterocycles. The molecular weight excluding hydrogens is 416 g/mol. The SMILES string of the molecule is CN(C)CCCOc1cccc2c1C(=O)c1c(OCCCN(C)C)cccc1C2=O.Cl. The molecule has 0 aliphatic heterocycles. The fourth-order valence-corrected chi connectivity index (χ4v) is 3.55. The molecule has 0 amide bonds. The molecule has 0 fully saturated rings. The highest BCUT2D eigenvalue weighted by Crippen LogP contribution is 2.37. The van der Waals surface area contributed by atoms with E-state index in [2.05, 4.69) is 9.80 Å².